The summed E-state index contributed by atoms with van der Waals surface area (Å²) >= 11 is 0. The molecule has 2 aromatic carbocycles. The topological polar surface area (TPSA) is 100 Å². The van der Waals surface area contributed by atoms with Gasteiger partial charge >= 0.3 is 0 Å². The van der Waals surface area contributed by atoms with Gasteiger partial charge in [0.25, 0.3) is 0 Å². The molecule has 5 heteroatoms. The Labute approximate surface area is 129 Å². The van der Waals surface area contributed by atoms with Crippen molar-refractivity contribution in [1.29, 1.82) is 5.41 Å². The van der Waals surface area contributed by atoms with E-state index >= 15 is 0 Å². The molecule has 112 valence electrons. The zero-order valence-electron chi connectivity index (χ0n) is 12.4. The van der Waals surface area contributed by atoms with Crippen LogP contribution in [-0.2, 0) is 0 Å². The van der Waals surface area contributed by atoms with Gasteiger partial charge in [0, 0.05) is 29.4 Å². The molecular formula is C17H19N5. The van der Waals surface area contributed by atoms with Crippen LogP contribution in [0.5, 0.6) is 0 Å². The smallest absolute Gasteiger partial charge is 0.150 e. The van der Waals surface area contributed by atoms with Crippen molar-refractivity contribution in [2.24, 2.45) is 10.8 Å². The summed E-state index contributed by atoms with van der Waals surface area (Å²) in [4.78, 5) is 0. The average molecular weight is 293 g/mol. The molecule has 0 saturated heterocycles. The molecule has 6 N–H and O–H groups in total. The summed E-state index contributed by atoms with van der Waals surface area (Å²) in [6, 6.07) is 12.9. The van der Waals surface area contributed by atoms with Crippen molar-refractivity contribution >= 4 is 23.3 Å². The van der Waals surface area contributed by atoms with Crippen LogP contribution in [0.3, 0.4) is 0 Å². The van der Waals surface area contributed by atoms with Crippen LogP contribution in [0.4, 0.5) is 5.69 Å². The Morgan fingerprint density at radius 2 is 2.00 bits per heavy atom. The average Bonchev–Trinajstić information content (AvgIpc) is 2.55. The first-order chi connectivity index (χ1) is 10.6. The largest absolute Gasteiger partial charge is 0.398 e. The van der Waals surface area contributed by atoms with Crippen LogP contribution in [0.25, 0.3) is 6.08 Å². The predicted molar refractivity (Wildman–Crippen MR) is 93.1 cm³/mol. The van der Waals surface area contributed by atoms with Gasteiger partial charge in [0.2, 0.25) is 0 Å². The lowest BCUT2D eigenvalue weighted by Gasteiger charge is -2.11. The molecule has 22 heavy (non-hydrogen) atoms. The van der Waals surface area contributed by atoms with Gasteiger partial charge in [-0.1, -0.05) is 30.9 Å². The van der Waals surface area contributed by atoms with E-state index in [1.165, 1.54) is 0 Å². The van der Waals surface area contributed by atoms with Crippen LogP contribution in [0.2, 0.25) is 0 Å². The minimum Gasteiger partial charge on any atom is -0.398 e. The Morgan fingerprint density at radius 1 is 1.23 bits per heavy atom. The summed E-state index contributed by atoms with van der Waals surface area (Å²) in [5, 5.41) is 12.4. The third-order valence-electron chi connectivity index (χ3n) is 3.26. The number of hydrogen-bond acceptors (Lipinski definition) is 4. The van der Waals surface area contributed by atoms with Gasteiger partial charge in [0.1, 0.15) is 0 Å². The highest BCUT2D eigenvalue weighted by Gasteiger charge is 2.11. The fourth-order valence-electron chi connectivity index (χ4n) is 2.09. The van der Waals surface area contributed by atoms with Crippen molar-refractivity contribution in [3.05, 3.63) is 71.3 Å². The van der Waals surface area contributed by atoms with Crippen molar-refractivity contribution in [1.82, 2.24) is 5.43 Å². The maximum absolute atomic E-state index is 8.41. The van der Waals surface area contributed by atoms with E-state index in [-0.39, 0.29) is 0 Å². The summed E-state index contributed by atoms with van der Waals surface area (Å²) in [5.41, 5.74) is 18.4. The number of nitrogens with zero attached hydrogens (tertiary/aromatic N) is 1. The standard InChI is InChI=1S/C17H19N5/c1-3-11-5-4-6-12(9-11)16(19)14-10-13(7-8-15(14)18)17(20)22-21-2/h3-10,19,21H,1,18H2,2H3,(H2,20,22). The van der Waals surface area contributed by atoms with E-state index in [0.717, 1.165) is 11.1 Å². The number of anilines is 1. The molecule has 0 saturated carbocycles. The Balaban J connectivity index is 2.46. The second-order valence-corrected chi connectivity index (χ2v) is 4.73. The zero-order chi connectivity index (χ0) is 16.1. The van der Waals surface area contributed by atoms with Gasteiger partial charge in [0.05, 0.1) is 5.71 Å². The van der Waals surface area contributed by atoms with Crippen LogP contribution < -0.4 is 16.9 Å². The highest BCUT2D eigenvalue weighted by atomic mass is 15.3. The van der Waals surface area contributed by atoms with Crippen molar-refractivity contribution in [3.63, 3.8) is 0 Å². The maximum atomic E-state index is 8.41. The summed E-state index contributed by atoms with van der Waals surface area (Å²) in [6.45, 7) is 3.75. The third kappa shape index (κ3) is 3.15. The lowest BCUT2D eigenvalue weighted by atomic mass is 9.97. The lowest BCUT2D eigenvalue weighted by molar-refractivity contribution is 0.898. The summed E-state index contributed by atoms with van der Waals surface area (Å²) in [6.07, 6.45) is 1.74. The molecule has 0 unspecified atom stereocenters. The summed E-state index contributed by atoms with van der Waals surface area (Å²) < 4.78 is 0. The molecule has 0 amide bonds. The minimum atomic E-state index is 0.334. The molecule has 2 aromatic rings. The maximum Gasteiger partial charge on any atom is 0.150 e. The lowest BCUT2D eigenvalue weighted by Crippen LogP contribution is -2.18. The second kappa shape index (κ2) is 6.58. The van der Waals surface area contributed by atoms with Gasteiger partial charge in [0.15, 0.2) is 5.84 Å². The first-order valence-electron chi connectivity index (χ1n) is 6.78. The van der Waals surface area contributed by atoms with Crippen molar-refractivity contribution in [2.75, 3.05) is 12.8 Å². The molecule has 0 heterocycles. The Bertz CT molecular complexity index is 746. The molecular weight excluding hydrogens is 274 g/mol. The van der Waals surface area contributed by atoms with E-state index in [1.807, 2.05) is 24.3 Å². The van der Waals surface area contributed by atoms with Gasteiger partial charge in [-0.3, -0.25) is 5.41 Å². The van der Waals surface area contributed by atoms with Crippen molar-refractivity contribution < 1.29 is 0 Å². The number of hydrazone groups is 1. The van der Waals surface area contributed by atoms with Gasteiger partial charge in [-0.15, -0.1) is 0 Å². The number of nitrogens with one attached hydrogen (secondary N) is 2. The molecule has 0 aromatic heterocycles. The molecule has 0 bridgehead atoms. The summed E-state index contributed by atoms with van der Waals surface area (Å²) in [5.74, 6) is 0.344. The fraction of sp³-hybridized carbons (Fsp3) is 0.0588. The Hall–Kier alpha value is -3.08. The molecule has 0 aliphatic carbocycles. The SMILES string of the molecule is C=Cc1cccc(C(=N)c2cc(/C(N)=N/NC)ccc2N)c1. The number of hydrogen-bond donors (Lipinski definition) is 4. The van der Waals surface area contributed by atoms with E-state index in [1.54, 1.807) is 31.3 Å². The molecule has 0 atom stereocenters. The summed E-state index contributed by atoms with van der Waals surface area (Å²) in [7, 11) is 1.67. The van der Waals surface area contributed by atoms with E-state index in [2.05, 4.69) is 17.1 Å². The van der Waals surface area contributed by atoms with Crippen LogP contribution in [0.15, 0.2) is 54.1 Å². The third-order valence-corrected chi connectivity index (χ3v) is 3.26. The minimum absolute atomic E-state index is 0.334. The van der Waals surface area contributed by atoms with Crippen molar-refractivity contribution in [2.45, 2.75) is 0 Å². The Morgan fingerprint density at radius 3 is 2.68 bits per heavy atom. The number of benzene rings is 2. The van der Waals surface area contributed by atoms with E-state index in [4.69, 9.17) is 16.9 Å². The highest BCUT2D eigenvalue weighted by molar-refractivity contribution is 6.15. The first-order valence-corrected chi connectivity index (χ1v) is 6.78. The fourth-order valence-corrected chi connectivity index (χ4v) is 2.09. The quantitative estimate of drug-likeness (QED) is 0.294. The molecule has 2 rings (SSSR count). The van der Waals surface area contributed by atoms with Crippen LogP contribution in [-0.4, -0.2) is 18.6 Å². The van der Waals surface area contributed by atoms with Gasteiger partial charge in [-0.25, -0.2) is 0 Å². The zero-order valence-corrected chi connectivity index (χ0v) is 12.4. The van der Waals surface area contributed by atoms with Crippen molar-refractivity contribution in [3.8, 4) is 0 Å². The normalized spacial score (nSPS) is 11.0. The molecule has 0 aliphatic rings. The van der Waals surface area contributed by atoms with Crippen LogP contribution >= 0.6 is 0 Å². The first kappa shape index (κ1) is 15.3. The van der Waals surface area contributed by atoms with Crippen LogP contribution in [0, 0.1) is 5.41 Å². The number of nitrogen functional groups attached to an aromatic ring is 1. The predicted octanol–water partition coefficient (Wildman–Crippen LogP) is 2.17. The molecule has 0 fully saturated rings. The number of rotatable bonds is 5. The van der Waals surface area contributed by atoms with Gasteiger partial charge in [-0.2, -0.15) is 5.10 Å². The van der Waals surface area contributed by atoms with Gasteiger partial charge < -0.3 is 16.9 Å². The molecule has 0 radical (unpaired) electrons. The monoisotopic (exact) mass is 293 g/mol. The molecule has 0 spiro atoms. The second-order valence-electron chi connectivity index (χ2n) is 4.73. The van der Waals surface area contributed by atoms with E-state index in [9.17, 15) is 0 Å². The molecule has 0 aliphatic heterocycles. The van der Waals surface area contributed by atoms with Crippen LogP contribution in [0.1, 0.15) is 22.3 Å². The molecule has 5 nitrogen and oxygen atoms in total. The van der Waals surface area contributed by atoms with E-state index in [0.29, 0.717) is 28.4 Å². The van der Waals surface area contributed by atoms with Gasteiger partial charge in [-0.05, 0) is 29.8 Å². The van der Waals surface area contributed by atoms with E-state index < -0.39 is 0 Å². The number of nitrogens with two attached hydrogens (primary N) is 2. The highest BCUT2D eigenvalue weighted by Crippen LogP contribution is 2.19. The number of amidine groups is 1. The Kier molecular flexibility index (Phi) is 4.58.